The normalized spacial score (nSPS) is 13.7. The average molecular weight is 418 g/mol. The quantitative estimate of drug-likeness (QED) is 0.520. The number of nitrogens with two attached hydrogens (primary N) is 1. The molecule has 1 aliphatic rings. The SMILES string of the molecule is Nc1ccc(N(C(=O)C(=O)N2CCN(C(=O)c3ccco3)CC2)c2ccccc2)cc1. The van der Waals surface area contributed by atoms with Crippen molar-refractivity contribution in [3.63, 3.8) is 0 Å². The van der Waals surface area contributed by atoms with Crippen molar-refractivity contribution in [2.75, 3.05) is 36.8 Å². The van der Waals surface area contributed by atoms with E-state index in [2.05, 4.69) is 0 Å². The van der Waals surface area contributed by atoms with Crippen LogP contribution < -0.4 is 10.6 Å². The van der Waals surface area contributed by atoms with E-state index in [1.54, 1.807) is 65.6 Å². The Bertz CT molecular complexity index is 1060. The molecule has 3 aromatic rings. The van der Waals surface area contributed by atoms with Gasteiger partial charge in [-0.3, -0.25) is 19.3 Å². The molecule has 1 fully saturated rings. The third-order valence-corrected chi connectivity index (χ3v) is 5.14. The summed E-state index contributed by atoms with van der Waals surface area (Å²) in [4.78, 5) is 43.2. The zero-order chi connectivity index (χ0) is 21.8. The highest BCUT2D eigenvalue weighted by molar-refractivity contribution is 6.42. The van der Waals surface area contributed by atoms with Crippen LogP contribution >= 0.6 is 0 Å². The van der Waals surface area contributed by atoms with Gasteiger partial charge in [-0.15, -0.1) is 0 Å². The van der Waals surface area contributed by atoms with Gasteiger partial charge in [0, 0.05) is 43.2 Å². The summed E-state index contributed by atoms with van der Waals surface area (Å²) >= 11 is 0. The van der Waals surface area contributed by atoms with Crippen LogP contribution in [-0.2, 0) is 9.59 Å². The molecule has 4 rings (SSSR count). The fraction of sp³-hybridized carbons (Fsp3) is 0.174. The van der Waals surface area contributed by atoms with Gasteiger partial charge in [0.2, 0.25) is 0 Å². The molecular formula is C23H22N4O4. The monoisotopic (exact) mass is 418 g/mol. The number of piperazine rings is 1. The Morgan fingerprint density at radius 2 is 1.39 bits per heavy atom. The molecule has 0 aliphatic carbocycles. The summed E-state index contributed by atoms with van der Waals surface area (Å²) in [5.41, 5.74) is 7.46. The van der Waals surface area contributed by atoms with Crippen molar-refractivity contribution >= 4 is 34.8 Å². The Morgan fingerprint density at radius 3 is 2.00 bits per heavy atom. The van der Waals surface area contributed by atoms with E-state index in [1.165, 1.54) is 16.1 Å². The number of carbonyl (C=O) groups is 3. The molecule has 1 saturated heterocycles. The van der Waals surface area contributed by atoms with Crippen molar-refractivity contribution in [1.82, 2.24) is 9.80 Å². The molecule has 158 valence electrons. The van der Waals surface area contributed by atoms with E-state index in [9.17, 15) is 14.4 Å². The summed E-state index contributed by atoms with van der Waals surface area (Å²) < 4.78 is 5.16. The molecule has 1 aliphatic heterocycles. The van der Waals surface area contributed by atoms with Crippen LogP contribution in [0.15, 0.2) is 77.4 Å². The summed E-state index contributed by atoms with van der Waals surface area (Å²) in [5, 5.41) is 0. The van der Waals surface area contributed by atoms with E-state index >= 15 is 0 Å². The van der Waals surface area contributed by atoms with Gasteiger partial charge in [0.15, 0.2) is 5.76 Å². The summed E-state index contributed by atoms with van der Waals surface area (Å²) in [6, 6.07) is 19.0. The molecule has 2 N–H and O–H groups in total. The number of anilines is 3. The van der Waals surface area contributed by atoms with Crippen LogP contribution in [0.4, 0.5) is 17.1 Å². The Kier molecular flexibility index (Phi) is 5.70. The summed E-state index contributed by atoms with van der Waals surface area (Å²) in [5.74, 6) is -1.25. The van der Waals surface area contributed by atoms with Crippen molar-refractivity contribution < 1.29 is 18.8 Å². The Hall–Kier alpha value is -4.07. The second-order valence-electron chi connectivity index (χ2n) is 7.13. The number of carbonyl (C=O) groups excluding carboxylic acids is 3. The number of rotatable bonds is 3. The largest absolute Gasteiger partial charge is 0.459 e. The number of furan rings is 1. The van der Waals surface area contributed by atoms with Gasteiger partial charge in [-0.25, -0.2) is 0 Å². The second-order valence-corrected chi connectivity index (χ2v) is 7.13. The first-order valence-electron chi connectivity index (χ1n) is 9.91. The molecule has 0 atom stereocenters. The number of amides is 3. The molecule has 8 nitrogen and oxygen atoms in total. The number of hydrogen-bond acceptors (Lipinski definition) is 5. The topological polar surface area (TPSA) is 100 Å². The third kappa shape index (κ3) is 4.28. The molecule has 0 radical (unpaired) electrons. The number of nitrogens with zero attached hydrogens (tertiary/aromatic N) is 3. The fourth-order valence-electron chi connectivity index (χ4n) is 3.48. The van der Waals surface area contributed by atoms with E-state index in [-0.39, 0.29) is 24.8 Å². The van der Waals surface area contributed by atoms with E-state index in [0.717, 1.165) is 0 Å². The Balaban J connectivity index is 1.49. The molecule has 0 saturated carbocycles. The van der Waals surface area contributed by atoms with Crippen molar-refractivity contribution in [3.8, 4) is 0 Å². The lowest BCUT2D eigenvalue weighted by molar-refractivity contribution is -0.145. The van der Waals surface area contributed by atoms with Crippen LogP contribution in [0.3, 0.4) is 0 Å². The van der Waals surface area contributed by atoms with Gasteiger partial charge in [0.05, 0.1) is 6.26 Å². The van der Waals surface area contributed by atoms with Crippen LogP contribution in [0.2, 0.25) is 0 Å². The van der Waals surface area contributed by atoms with Gasteiger partial charge in [0.1, 0.15) is 0 Å². The lowest BCUT2D eigenvalue weighted by Gasteiger charge is -2.35. The van der Waals surface area contributed by atoms with E-state index < -0.39 is 11.8 Å². The number of hydrogen-bond donors (Lipinski definition) is 1. The molecule has 0 bridgehead atoms. The van der Waals surface area contributed by atoms with Crippen LogP contribution in [0.25, 0.3) is 0 Å². The third-order valence-electron chi connectivity index (χ3n) is 5.14. The van der Waals surface area contributed by atoms with Gasteiger partial charge in [-0.05, 0) is 48.5 Å². The minimum atomic E-state index is -0.665. The predicted octanol–water partition coefficient (Wildman–Crippen LogP) is 2.51. The van der Waals surface area contributed by atoms with E-state index in [4.69, 9.17) is 10.2 Å². The number of para-hydroxylation sites is 1. The molecule has 3 amide bonds. The molecule has 1 aromatic heterocycles. The molecule has 2 aromatic carbocycles. The zero-order valence-electron chi connectivity index (χ0n) is 16.8. The summed E-state index contributed by atoms with van der Waals surface area (Å²) in [7, 11) is 0. The lowest BCUT2D eigenvalue weighted by atomic mass is 10.2. The minimum Gasteiger partial charge on any atom is -0.459 e. The number of nitrogen functional groups attached to an aromatic ring is 1. The average Bonchev–Trinajstić information content (AvgIpc) is 3.35. The first-order valence-corrected chi connectivity index (χ1v) is 9.91. The van der Waals surface area contributed by atoms with Gasteiger partial charge < -0.3 is 20.0 Å². The van der Waals surface area contributed by atoms with Crippen LogP contribution in [0.1, 0.15) is 10.6 Å². The van der Waals surface area contributed by atoms with Crippen molar-refractivity contribution in [1.29, 1.82) is 0 Å². The lowest BCUT2D eigenvalue weighted by Crippen LogP contribution is -2.54. The molecule has 0 spiro atoms. The van der Waals surface area contributed by atoms with Crippen molar-refractivity contribution in [2.45, 2.75) is 0 Å². The van der Waals surface area contributed by atoms with Crippen LogP contribution in [0, 0.1) is 0 Å². The van der Waals surface area contributed by atoms with Crippen molar-refractivity contribution in [2.24, 2.45) is 0 Å². The molecule has 31 heavy (non-hydrogen) atoms. The predicted molar refractivity (Wildman–Crippen MR) is 116 cm³/mol. The maximum Gasteiger partial charge on any atom is 0.321 e. The summed E-state index contributed by atoms with van der Waals surface area (Å²) in [6.07, 6.45) is 1.45. The molecule has 8 heteroatoms. The Morgan fingerprint density at radius 1 is 0.774 bits per heavy atom. The van der Waals surface area contributed by atoms with E-state index in [0.29, 0.717) is 30.2 Å². The first-order chi connectivity index (χ1) is 15.0. The Labute approximate surface area is 179 Å². The van der Waals surface area contributed by atoms with Gasteiger partial charge in [0.25, 0.3) is 5.91 Å². The van der Waals surface area contributed by atoms with E-state index in [1.807, 2.05) is 6.07 Å². The maximum absolute atomic E-state index is 13.2. The van der Waals surface area contributed by atoms with Crippen LogP contribution in [0.5, 0.6) is 0 Å². The highest BCUT2D eigenvalue weighted by Gasteiger charge is 2.32. The maximum atomic E-state index is 13.2. The summed E-state index contributed by atoms with van der Waals surface area (Å²) in [6.45, 7) is 1.18. The minimum absolute atomic E-state index is 0.226. The highest BCUT2D eigenvalue weighted by atomic mass is 16.3. The first kappa shape index (κ1) is 20.2. The highest BCUT2D eigenvalue weighted by Crippen LogP contribution is 2.27. The van der Waals surface area contributed by atoms with Gasteiger partial charge in [-0.2, -0.15) is 0 Å². The second kappa shape index (κ2) is 8.74. The standard InChI is InChI=1S/C23H22N4O4/c24-17-8-10-19(11-9-17)27(18-5-2-1-3-6-18)23(30)22(29)26-14-12-25(13-15-26)21(28)20-7-4-16-31-20/h1-11,16H,12-15,24H2. The number of benzene rings is 2. The zero-order valence-corrected chi connectivity index (χ0v) is 16.8. The van der Waals surface area contributed by atoms with Gasteiger partial charge in [-0.1, -0.05) is 18.2 Å². The molecule has 0 unspecified atom stereocenters. The van der Waals surface area contributed by atoms with Gasteiger partial charge >= 0.3 is 11.8 Å². The van der Waals surface area contributed by atoms with Crippen LogP contribution in [-0.4, -0.2) is 53.7 Å². The smallest absolute Gasteiger partial charge is 0.321 e. The van der Waals surface area contributed by atoms with Crippen molar-refractivity contribution in [3.05, 3.63) is 78.8 Å². The fourth-order valence-corrected chi connectivity index (χ4v) is 3.48. The molecular weight excluding hydrogens is 396 g/mol. The molecule has 2 heterocycles.